The van der Waals surface area contributed by atoms with Gasteiger partial charge in [0, 0.05) is 53.7 Å². The minimum Gasteiger partial charge on any atom is -0.378 e. The molecule has 4 aromatic rings. The molecule has 0 radical (unpaired) electrons. The zero-order valence-corrected chi connectivity index (χ0v) is 27.1. The van der Waals surface area contributed by atoms with Gasteiger partial charge in [0.25, 0.3) is 0 Å². The number of halogens is 1. The Bertz CT molecular complexity index is 1760. The van der Waals surface area contributed by atoms with Crippen LogP contribution in [0.15, 0.2) is 34.9 Å². The van der Waals surface area contributed by atoms with Crippen LogP contribution in [0, 0.1) is 20.8 Å². The molecule has 11 nitrogen and oxygen atoms in total. The van der Waals surface area contributed by atoms with E-state index < -0.39 is 10.0 Å². The first-order valence-electron chi connectivity index (χ1n) is 13.9. The van der Waals surface area contributed by atoms with Crippen molar-refractivity contribution in [2.24, 2.45) is 0 Å². The Morgan fingerprint density at radius 2 is 1.98 bits per heavy atom. The molecule has 1 atom stereocenters. The molecule has 42 heavy (non-hydrogen) atoms. The average molecular weight is 658 g/mol. The summed E-state index contributed by atoms with van der Waals surface area (Å²) in [6.07, 6.45) is 2.44. The van der Waals surface area contributed by atoms with Crippen LogP contribution in [0.3, 0.4) is 0 Å². The van der Waals surface area contributed by atoms with Gasteiger partial charge in [0.15, 0.2) is 5.65 Å². The number of anilines is 2. The van der Waals surface area contributed by atoms with Gasteiger partial charge in [-0.3, -0.25) is 4.79 Å². The van der Waals surface area contributed by atoms with Gasteiger partial charge in [0.1, 0.15) is 11.3 Å². The quantitative estimate of drug-likeness (QED) is 0.243. The molecule has 0 bridgehead atoms. The highest BCUT2D eigenvalue weighted by molar-refractivity contribution is 9.10. The van der Waals surface area contributed by atoms with Crippen LogP contribution in [0.4, 0.5) is 11.4 Å². The van der Waals surface area contributed by atoms with Crippen LogP contribution in [0.2, 0.25) is 0 Å². The number of nitrogens with zero attached hydrogens (tertiary/aromatic N) is 5. The maximum atomic E-state index is 12.4. The summed E-state index contributed by atoms with van der Waals surface area (Å²) in [7, 11) is 0.501. The minimum atomic E-state index is -3.23. The molecular weight excluding hydrogens is 620 g/mol. The predicted octanol–water partition coefficient (Wildman–Crippen LogP) is 4.44. The summed E-state index contributed by atoms with van der Waals surface area (Å²) in [4.78, 5) is 26.9. The monoisotopic (exact) mass is 656 g/mol. The standard InChI is InChI=1S/C29H37BrN8O3S/c1-7-42(40,41)37-11-10-21(15-37)33-26-23(30)14-31-29-27(26)34-28(35-29)22-13-18(3)38(19(22)4)24-9-8-20(12-17(24)2)32-25(39)16-36(5)6/h8-9,12-14,21H,7,10-11,15-16H2,1-6H3,(H,32,39)(H2,31,33,34,35)/t21-/m0/s1. The molecule has 1 fully saturated rings. The van der Waals surface area contributed by atoms with Crippen molar-refractivity contribution in [1.82, 2.24) is 28.7 Å². The highest BCUT2D eigenvalue weighted by atomic mass is 79.9. The predicted molar refractivity (Wildman–Crippen MR) is 171 cm³/mol. The minimum absolute atomic E-state index is 0.0244. The summed E-state index contributed by atoms with van der Waals surface area (Å²) >= 11 is 3.62. The van der Waals surface area contributed by atoms with E-state index >= 15 is 0 Å². The summed E-state index contributed by atoms with van der Waals surface area (Å²) in [5, 5.41) is 6.50. The number of likely N-dealkylation sites (N-methyl/N-ethyl adjacent to an activating group) is 1. The maximum Gasteiger partial charge on any atom is 0.238 e. The van der Waals surface area contributed by atoms with E-state index in [0.29, 0.717) is 31.1 Å². The third-order valence-electron chi connectivity index (χ3n) is 7.60. The molecule has 5 rings (SSSR count). The topological polar surface area (TPSA) is 128 Å². The molecule has 3 N–H and O–H groups in total. The van der Waals surface area contributed by atoms with Gasteiger partial charge in [-0.25, -0.2) is 18.4 Å². The summed E-state index contributed by atoms with van der Waals surface area (Å²) < 4.78 is 29.2. The molecule has 224 valence electrons. The highest BCUT2D eigenvalue weighted by Gasteiger charge is 2.31. The molecule has 1 saturated heterocycles. The zero-order chi connectivity index (χ0) is 30.3. The number of aromatic amines is 1. The Hall–Kier alpha value is -3.26. The molecule has 1 aliphatic heterocycles. The lowest BCUT2D eigenvalue weighted by Gasteiger charge is -2.17. The van der Waals surface area contributed by atoms with Gasteiger partial charge < -0.3 is 25.1 Å². The van der Waals surface area contributed by atoms with Gasteiger partial charge in [0.2, 0.25) is 15.9 Å². The van der Waals surface area contributed by atoms with Crippen molar-refractivity contribution >= 4 is 54.4 Å². The number of hydrogen-bond acceptors (Lipinski definition) is 7. The van der Waals surface area contributed by atoms with E-state index in [1.807, 2.05) is 44.1 Å². The van der Waals surface area contributed by atoms with E-state index in [4.69, 9.17) is 4.98 Å². The Morgan fingerprint density at radius 1 is 1.21 bits per heavy atom. The SMILES string of the molecule is CCS(=O)(=O)N1CC[C@H](Nc2c(Br)cnc3nc(-c4cc(C)n(-c5ccc(NC(=O)CN(C)C)cc5C)c4C)[nH]c23)C1. The highest BCUT2D eigenvalue weighted by Crippen LogP contribution is 2.35. The van der Waals surface area contributed by atoms with Gasteiger partial charge in [0.05, 0.1) is 22.5 Å². The maximum absolute atomic E-state index is 12.4. The average Bonchev–Trinajstić information content (AvgIpc) is 3.64. The van der Waals surface area contributed by atoms with Gasteiger partial charge in [-0.2, -0.15) is 4.31 Å². The van der Waals surface area contributed by atoms with E-state index in [1.54, 1.807) is 17.4 Å². The van der Waals surface area contributed by atoms with Crippen LogP contribution in [0.1, 0.15) is 30.3 Å². The molecule has 1 amide bonds. The fourth-order valence-electron chi connectivity index (χ4n) is 5.53. The third-order valence-corrected chi connectivity index (χ3v) is 10.0. The first-order chi connectivity index (χ1) is 19.9. The van der Waals surface area contributed by atoms with E-state index in [9.17, 15) is 13.2 Å². The smallest absolute Gasteiger partial charge is 0.238 e. The van der Waals surface area contributed by atoms with Gasteiger partial charge in [-0.1, -0.05) is 0 Å². The van der Waals surface area contributed by atoms with Crippen molar-refractivity contribution in [3.05, 3.63) is 51.9 Å². The number of carbonyl (C=O) groups is 1. The van der Waals surface area contributed by atoms with Crippen molar-refractivity contribution in [2.45, 2.75) is 40.2 Å². The Balaban J connectivity index is 1.44. The number of benzene rings is 1. The van der Waals surface area contributed by atoms with Gasteiger partial charge in [-0.05, 0) is 94.0 Å². The molecule has 13 heteroatoms. The number of rotatable bonds is 9. The summed E-state index contributed by atoms with van der Waals surface area (Å²) in [5.74, 6) is 0.741. The molecule has 1 aliphatic rings. The van der Waals surface area contributed by atoms with Crippen molar-refractivity contribution in [1.29, 1.82) is 0 Å². The number of amides is 1. The Kier molecular flexibility index (Phi) is 8.48. The first kappa shape index (κ1) is 30.2. The van der Waals surface area contributed by atoms with Gasteiger partial charge in [-0.15, -0.1) is 0 Å². The largest absolute Gasteiger partial charge is 0.378 e. The van der Waals surface area contributed by atoms with Crippen LogP contribution in [-0.2, 0) is 14.8 Å². The first-order valence-corrected chi connectivity index (χ1v) is 16.3. The molecule has 4 heterocycles. The molecule has 0 aliphatic carbocycles. The third kappa shape index (κ3) is 5.96. The van der Waals surface area contributed by atoms with Crippen molar-refractivity contribution in [3.63, 3.8) is 0 Å². The van der Waals surface area contributed by atoms with E-state index in [-0.39, 0.29) is 17.7 Å². The summed E-state index contributed by atoms with van der Waals surface area (Å²) in [6, 6.07) is 8.01. The van der Waals surface area contributed by atoms with Crippen LogP contribution in [0.25, 0.3) is 28.2 Å². The fourth-order valence-corrected chi connectivity index (χ4v) is 7.10. The van der Waals surface area contributed by atoms with Gasteiger partial charge >= 0.3 is 0 Å². The second-order valence-corrected chi connectivity index (χ2v) is 14.2. The number of carbonyl (C=O) groups excluding carboxylic acids is 1. The van der Waals surface area contributed by atoms with Crippen molar-refractivity contribution < 1.29 is 13.2 Å². The van der Waals surface area contributed by atoms with E-state index in [1.165, 1.54) is 0 Å². The molecule has 1 aromatic carbocycles. The van der Waals surface area contributed by atoms with Crippen LogP contribution < -0.4 is 10.6 Å². The second-order valence-electron chi connectivity index (χ2n) is 11.1. The van der Waals surface area contributed by atoms with E-state index in [2.05, 4.69) is 61.0 Å². The number of fused-ring (bicyclic) bond motifs is 1. The lowest BCUT2D eigenvalue weighted by atomic mass is 10.1. The number of nitrogens with one attached hydrogen (secondary N) is 3. The molecule has 0 unspecified atom stereocenters. The molecule has 0 saturated carbocycles. The Morgan fingerprint density at radius 3 is 2.67 bits per heavy atom. The molecular formula is C29H37BrN8O3S. The van der Waals surface area contributed by atoms with Crippen LogP contribution >= 0.6 is 15.9 Å². The lowest BCUT2D eigenvalue weighted by Crippen LogP contribution is -2.32. The van der Waals surface area contributed by atoms with E-state index in [0.717, 1.165) is 56.0 Å². The summed E-state index contributed by atoms with van der Waals surface area (Å²) in [6.45, 7) is 9.07. The number of H-pyrrole nitrogens is 1. The number of pyridine rings is 1. The van der Waals surface area contributed by atoms with Crippen LogP contribution in [-0.4, -0.2) is 88.6 Å². The number of imidazole rings is 1. The van der Waals surface area contributed by atoms with Crippen LogP contribution in [0.5, 0.6) is 0 Å². The molecule has 0 spiro atoms. The Labute approximate surface area is 254 Å². The lowest BCUT2D eigenvalue weighted by molar-refractivity contribution is -0.116. The summed E-state index contributed by atoms with van der Waals surface area (Å²) in [5.41, 5.74) is 7.98. The fraction of sp³-hybridized carbons (Fsp3) is 0.414. The number of aromatic nitrogens is 4. The second kappa shape index (κ2) is 11.8. The zero-order valence-electron chi connectivity index (χ0n) is 24.7. The van der Waals surface area contributed by atoms with Crippen molar-refractivity contribution in [2.75, 3.05) is 50.1 Å². The number of sulfonamides is 1. The van der Waals surface area contributed by atoms with Crippen molar-refractivity contribution in [3.8, 4) is 17.1 Å². The number of hydrogen-bond donors (Lipinski definition) is 3. The number of aryl methyl sites for hydroxylation is 2. The molecule has 3 aromatic heterocycles. The normalized spacial score (nSPS) is 16.0.